The number of hydrogen-bond acceptors (Lipinski definition) is 5. The number of anilines is 1. The number of hydrogen-bond donors (Lipinski definition) is 1. The molecular formula is C20H12FN3O4. The Hall–Kier alpha value is -4.25. The van der Waals surface area contributed by atoms with Gasteiger partial charge in [0.2, 0.25) is 0 Å². The summed E-state index contributed by atoms with van der Waals surface area (Å²) in [6.07, 6.45) is 1.18. The van der Waals surface area contributed by atoms with Crippen molar-refractivity contribution < 1.29 is 18.5 Å². The fraction of sp³-hybridized carbons (Fsp3) is 0. The summed E-state index contributed by atoms with van der Waals surface area (Å²) in [6, 6.07) is 16.3. The van der Waals surface area contributed by atoms with Gasteiger partial charge in [0.25, 0.3) is 11.6 Å². The Balaban J connectivity index is 1.85. The van der Waals surface area contributed by atoms with Crippen LogP contribution in [0.1, 0.15) is 5.76 Å². The van der Waals surface area contributed by atoms with Gasteiger partial charge in [-0.3, -0.25) is 14.9 Å². The van der Waals surface area contributed by atoms with Crippen molar-refractivity contribution in [1.82, 2.24) is 0 Å². The molecule has 0 saturated heterocycles. The van der Waals surface area contributed by atoms with Crippen LogP contribution in [0.15, 0.2) is 70.7 Å². The molecule has 1 amide bonds. The molecule has 28 heavy (non-hydrogen) atoms. The van der Waals surface area contributed by atoms with E-state index in [2.05, 4.69) is 5.32 Å². The minimum Gasteiger partial charge on any atom is -0.457 e. The minimum atomic E-state index is -0.833. The van der Waals surface area contributed by atoms with Crippen LogP contribution >= 0.6 is 0 Å². The SMILES string of the molecule is N#C/C(=C\c1ccc(-c2ccccc2F)o1)C(=O)Nc1ccccc1[N+](=O)[O-]. The van der Waals surface area contributed by atoms with E-state index in [1.165, 1.54) is 54.6 Å². The van der Waals surface area contributed by atoms with Crippen LogP contribution in [0.25, 0.3) is 17.4 Å². The van der Waals surface area contributed by atoms with E-state index in [-0.39, 0.29) is 34.0 Å². The standard InChI is InChI=1S/C20H12FN3O4/c21-16-6-2-1-5-15(16)19-10-9-14(28-19)11-13(12-22)20(25)23-17-7-3-4-8-18(17)24(26)27/h1-11H,(H,23,25)/b13-11+. The van der Waals surface area contributed by atoms with Crippen LogP contribution in [-0.4, -0.2) is 10.8 Å². The number of benzene rings is 2. The lowest BCUT2D eigenvalue weighted by Crippen LogP contribution is -2.14. The van der Waals surface area contributed by atoms with Crippen LogP contribution in [0.3, 0.4) is 0 Å². The molecule has 2 aromatic carbocycles. The molecule has 0 saturated carbocycles. The predicted molar refractivity (Wildman–Crippen MR) is 99.4 cm³/mol. The van der Waals surface area contributed by atoms with Gasteiger partial charge in [-0.2, -0.15) is 5.26 Å². The highest BCUT2D eigenvalue weighted by Crippen LogP contribution is 2.27. The minimum absolute atomic E-state index is 0.0369. The second-order valence-corrected chi connectivity index (χ2v) is 5.58. The molecule has 0 aliphatic heterocycles. The first-order valence-electron chi connectivity index (χ1n) is 8.01. The zero-order chi connectivity index (χ0) is 20.1. The number of furan rings is 1. The van der Waals surface area contributed by atoms with Gasteiger partial charge < -0.3 is 9.73 Å². The van der Waals surface area contributed by atoms with Gasteiger partial charge in [0.1, 0.15) is 34.7 Å². The third kappa shape index (κ3) is 3.94. The molecular weight excluding hydrogens is 365 g/mol. The number of nitro benzene ring substituents is 1. The number of rotatable bonds is 5. The van der Waals surface area contributed by atoms with Gasteiger partial charge in [0, 0.05) is 12.1 Å². The van der Waals surface area contributed by atoms with Crippen molar-refractivity contribution >= 4 is 23.4 Å². The molecule has 0 atom stereocenters. The van der Waals surface area contributed by atoms with Crippen LogP contribution in [0.2, 0.25) is 0 Å². The quantitative estimate of drug-likeness (QED) is 0.304. The lowest BCUT2D eigenvalue weighted by Gasteiger charge is -2.04. The van der Waals surface area contributed by atoms with E-state index in [0.717, 1.165) is 0 Å². The third-order valence-electron chi connectivity index (χ3n) is 3.77. The van der Waals surface area contributed by atoms with Gasteiger partial charge in [0.05, 0.1) is 10.5 Å². The Morgan fingerprint density at radius 3 is 2.57 bits per heavy atom. The smallest absolute Gasteiger partial charge is 0.292 e. The monoisotopic (exact) mass is 377 g/mol. The van der Waals surface area contributed by atoms with Crippen LogP contribution in [-0.2, 0) is 4.79 Å². The topological polar surface area (TPSA) is 109 Å². The molecule has 0 fully saturated rings. The average Bonchev–Trinajstić information content (AvgIpc) is 3.15. The van der Waals surface area contributed by atoms with E-state index < -0.39 is 16.6 Å². The zero-order valence-electron chi connectivity index (χ0n) is 14.3. The second kappa shape index (κ2) is 7.97. The first-order valence-corrected chi connectivity index (χ1v) is 8.01. The van der Waals surface area contributed by atoms with Crippen molar-refractivity contribution in [2.24, 2.45) is 0 Å². The van der Waals surface area contributed by atoms with Gasteiger partial charge in [-0.25, -0.2) is 4.39 Å². The van der Waals surface area contributed by atoms with E-state index in [0.29, 0.717) is 0 Å². The number of nitrogens with one attached hydrogen (secondary N) is 1. The molecule has 8 heteroatoms. The van der Waals surface area contributed by atoms with Crippen LogP contribution in [0.5, 0.6) is 0 Å². The highest BCUT2D eigenvalue weighted by Gasteiger charge is 2.18. The van der Waals surface area contributed by atoms with Gasteiger partial charge in [0.15, 0.2) is 0 Å². The number of amides is 1. The zero-order valence-corrected chi connectivity index (χ0v) is 14.3. The molecule has 138 valence electrons. The maximum absolute atomic E-state index is 13.8. The fourth-order valence-corrected chi connectivity index (χ4v) is 2.46. The molecule has 0 bridgehead atoms. The largest absolute Gasteiger partial charge is 0.457 e. The molecule has 0 aliphatic carbocycles. The summed E-state index contributed by atoms with van der Waals surface area (Å²) in [5, 5.41) is 22.6. The normalized spacial score (nSPS) is 10.9. The van der Waals surface area contributed by atoms with Crippen molar-refractivity contribution in [3.8, 4) is 17.4 Å². The predicted octanol–water partition coefficient (Wildman–Crippen LogP) is 4.54. The Labute approximate surface area is 158 Å². The van der Waals surface area contributed by atoms with E-state index in [1.807, 2.05) is 0 Å². The number of nitro groups is 1. The number of para-hydroxylation sites is 2. The molecule has 7 nitrogen and oxygen atoms in total. The lowest BCUT2D eigenvalue weighted by molar-refractivity contribution is -0.383. The van der Waals surface area contributed by atoms with E-state index in [1.54, 1.807) is 18.2 Å². The van der Waals surface area contributed by atoms with Crippen molar-refractivity contribution in [2.45, 2.75) is 0 Å². The van der Waals surface area contributed by atoms with Gasteiger partial charge >= 0.3 is 0 Å². The molecule has 1 heterocycles. The Morgan fingerprint density at radius 1 is 1.14 bits per heavy atom. The Bertz CT molecular complexity index is 1130. The lowest BCUT2D eigenvalue weighted by atomic mass is 10.1. The molecule has 3 rings (SSSR count). The van der Waals surface area contributed by atoms with Gasteiger partial charge in [-0.15, -0.1) is 0 Å². The van der Waals surface area contributed by atoms with Gasteiger partial charge in [-0.1, -0.05) is 24.3 Å². The Morgan fingerprint density at radius 2 is 1.86 bits per heavy atom. The van der Waals surface area contributed by atoms with Crippen LogP contribution in [0.4, 0.5) is 15.8 Å². The summed E-state index contributed by atoms with van der Waals surface area (Å²) >= 11 is 0. The summed E-state index contributed by atoms with van der Waals surface area (Å²) in [7, 11) is 0. The second-order valence-electron chi connectivity index (χ2n) is 5.58. The highest BCUT2D eigenvalue weighted by molar-refractivity contribution is 6.10. The number of carbonyl (C=O) groups is 1. The first-order chi connectivity index (χ1) is 13.5. The van der Waals surface area contributed by atoms with E-state index >= 15 is 0 Å². The molecule has 1 aromatic heterocycles. The van der Waals surface area contributed by atoms with Crippen molar-refractivity contribution in [3.05, 3.63) is 87.9 Å². The number of carbonyl (C=O) groups excluding carboxylic acids is 1. The first kappa shape index (κ1) is 18.5. The van der Waals surface area contributed by atoms with E-state index in [4.69, 9.17) is 4.42 Å². The molecule has 0 unspecified atom stereocenters. The maximum Gasteiger partial charge on any atom is 0.292 e. The van der Waals surface area contributed by atoms with Crippen molar-refractivity contribution in [3.63, 3.8) is 0 Å². The number of nitrogens with zero attached hydrogens (tertiary/aromatic N) is 2. The number of halogens is 1. The molecule has 0 radical (unpaired) electrons. The van der Waals surface area contributed by atoms with Crippen LogP contribution < -0.4 is 5.32 Å². The third-order valence-corrected chi connectivity index (χ3v) is 3.77. The van der Waals surface area contributed by atoms with E-state index in [9.17, 15) is 24.6 Å². The van der Waals surface area contributed by atoms with Crippen LogP contribution in [0, 0.1) is 27.3 Å². The Kier molecular flexibility index (Phi) is 5.28. The summed E-state index contributed by atoms with van der Waals surface area (Å²) in [5.41, 5.74) is -0.421. The summed E-state index contributed by atoms with van der Waals surface area (Å²) < 4.78 is 19.3. The summed E-state index contributed by atoms with van der Waals surface area (Å²) in [6.45, 7) is 0. The fourth-order valence-electron chi connectivity index (χ4n) is 2.46. The maximum atomic E-state index is 13.8. The molecule has 3 aromatic rings. The summed E-state index contributed by atoms with van der Waals surface area (Å²) in [5.74, 6) is -0.907. The van der Waals surface area contributed by atoms with Crippen molar-refractivity contribution in [2.75, 3.05) is 5.32 Å². The number of nitriles is 1. The highest BCUT2D eigenvalue weighted by atomic mass is 19.1. The molecule has 1 N–H and O–H groups in total. The summed E-state index contributed by atoms with van der Waals surface area (Å²) in [4.78, 5) is 22.7. The average molecular weight is 377 g/mol. The molecule has 0 spiro atoms. The molecule has 0 aliphatic rings. The van der Waals surface area contributed by atoms with Gasteiger partial charge in [-0.05, 0) is 30.3 Å². The van der Waals surface area contributed by atoms with Crippen molar-refractivity contribution in [1.29, 1.82) is 5.26 Å².